The maximum atomic E-state index is 2.74. The van der Waals surface area contributed by atoms with Gasteiger partial charge in [-0.25, -0.2) is 0 Å². The molecule has 0 nitrogen and oxygen atoms in total. The Morgan fingerprint density at radius 3 is 2.56 bits per heavy atom. The molecule has 154 valence electrons. The predicted octanol–water partition coefficient (Wildman–Crippen LogP) is 8.42. The first-order valence-corrected chi connectivity index (χ1v) is 12.6. The Labute approximate surface area is 170 Å². The minimum atomic E-state index is 0.573. The number of rotatable bonds is 5. The van der Waals surface area contributed by atoms with E-state index in [1.807, 2.05) is 5.57 Å². The standard InChI is InChI=1S/C27H46/c1-19(2)9-8-10-20(3)23-14-15-24-22-13-12-21-11-6-7-17-26(21,4)25(22)16-18-27(23,24)5/h12,19-20,22-25H,6-11,13-18H2,1-5H3/t20-,22-,23?,24+,25?,26?,27?/m1/s1. The van der Waals surface area contributed by atoms with Gasteiger partial charge in [0.15, 0.2) is 0 Å². The van der Waals surface area contributed by atoms with E-state index < -0.39 is 0 Å². The number of fused-ring (bicyclic) bond motifs is 5. The Morgan fingerprint density at radius 2 is 1.78 bits per heavy atom. The molecule has 3 saturated carbocycles. The van der Waals surface area contributed by atoms with E-state index in [0.717, 1.165) is 35.5 Å². The van der Waals surface area contributed by atoms with Gasteiger partial charge in [0.2, 0.25) is 0 Å². The number of allylic oxidation sites excluding steroid dienone is 2. The summed E-state index contributed by atoms with van der Waals surface area (Å²) in [5.74, 6) is 5.84. The fourth-order valence-electron chi connectivity index (χ4n) is 8.72. The minimum Gasteiger partial charge on any atom is -0.0845 e. The molecule has 0 radical (unpaired) electrons. The molecule has 27 heavy (non-hydrogen) atoms. The van der Waals surface area contributed by atoms with Gasteiger partial charge in [-0.05, 0) is 97.7 Å². The Morgan fingerprint density at radius 1 is 0.963 bits per heavy atom. The lowest BCUT2D eigenvalue weighted by Gasteiger charge is -2.58. The molecule has 0 heterocycles. The summed E-state index contributed by atoms with van der Waals surface area (Å²) in [6, 6.07) is 0. The average Bonchev–Trinajstić information content (AvgIpc) is 2.98. The van der Waals surface area contributed by atoms with E-state index in [4.69, 9.17) is 0 Å². The summed E-state index contributed by atoms with van der Waals surface area (Å²) in [5, 5.41) is 0. The molecule has 0 spiro atoms. The van der Waals surface area contributed by atoms with Crippen LogP contribution in [0.3, 0.4) is 0 Å². The molecule has 0 amide bonds. The molecular formula is C27H46. The predicted molar refractivity (Wildman–Crippen MR) is 118 cm³/mol. The van der Waals surface area contributed by atoms with Gasteiger partial charge in [0.1, 0.15) is 0 Å². The minimum absolute atomic E-state index is 0.573. The largest absolute Gasteiger partial charge is 0.0845 e. The average molecular weight is 371 g/mol. The van der Waals surface area contributed by atoms with Crippen LogP contribution in [0.2, 0.25) is 0 Å². The van der Waals surface area contributed by atoms with E-state index in [2.05, 4.69) is 40.7 Å². The van der Waals surface area contributed by atoms with Crippen molar-refractivity contribution in [3.05, 3.63) is 11.6 Å². The molecule has 0 heteroatoms. The maximum absolute atomic E-state index is 2.74. The van der Waals surface area contributed by atoms with Crippen LogP contribution in [-0.2, 0) is 0 Å². The summed E-state index contributed by atoms with van der Waals surface area (Å²) in [4.78, 5) is 0. The van der Waals surface area contributed by atoms with Crippen LogP contribution in [0.5, 0.6) is 0 Å². The van der Waals surface area contributed by atoms with Crippen LogP contribution in [0.15, 0.2) is 11.6 Å². The second kappa shape index (κ2) is 7.53. The van der Waals surface area contributed by atoms with Crippen LogP contribution in [-0.4, -0.2) is 0 Å². The van der Waals surface area contributed by atoms with Gasteiger partial charge in [-0.3, -0.25) is 0 Å². The van der Waals surface area contributed by atoms with Crippen molar-refractivity contribution in [2.45, 2.75) is 112 Å². The summed E-state index contributed by atoms with van der Waals surface area (Å²) in [5.41, 5.74) is 3.09. The van der Waals surface area contributed by atoms with Gasteiger partial charge in [0.05, 0.1) is 0 Å². The molecule has 7 atom stereocenters. The van der Waals surface area contributed by atoms with Crippen molar-refractivity contribution in [3.63, 3.8) is 0 Å². The van der Waals surface area contributed by atoms with Crippen molar-refractivity contribution in [2.24, 2.45) is 46.3 Å². The van der Waals surface area contributed by atoms with Crippen LogP contribution < -0.4 is 0 Å². The van der Waals surface area contributed by atoms with Crippen molar-refractivity contribution < 1.29 is 0 Å². The monoisotopic (exact) mass is 370 g/mol. The first-order chi connectivity index (χ1) is 12.9. The SMILES string of the molecule is CC(C)CCC[C@@H](C)C1CC[C@H]2[C@H]3CC=C4CCCCC4(C)C3CCC12C. The van der Waals surface area contributed by atoms with Crippen molar-refractivity contribution in [1.29, 1.82) is 0 Å². The van der Waals surface area contributed by atoms with Gasteiger partial charge in [-0.15, -0.1) is 0 Å². The lowest BCUT2D eigenvalue weighted by atomic mass is 9.47. The summed E-state index contributed by atoms with van der Waals surface area (Å²) < 4.78 is 0. The fourth-order valence-corrected chi connectivity index (χ4v) is 8.72. The highest BCUT2D eigenvalue weighted by Crippen LogP contribution is 2.67. The molecular weight excluding hydrogens is 324 g/mol. The third-order valence-corrected chi connectivity index (χ3v) is 10.2. The molecule has 4 rings (SSSR count). The molecule has 0 aromatic carbocycles. The van der Waals surface area contributed by atoms with E-state index in [1.54, 1.807) is 0 Å². The van der Waals surface area contributed by atoms with E-state index in [9.17, 15) is 0 Å². The van der Waals surface area contributed by atoms with Gasteiger partial charge >= 0.3 is 0 Å². The number of hydrogen-bond donors (Lipinski definition) is 0. The van der Waals surface area contributed by atoms with Crippen molar-refractivity contribution in [3.8, 4) is 0 Å². The smallest absolute Gasteiger partial charge is 0.00853 e. The van der Waals surface area contributed by atoms with Crippen molar-refractivity contribution in [2.75, 3.05) is 0 Å². The molecule has 0 aromatic rings. The Hall–Kier alpha value is -0.260. The molecule has 0 aliphatic heterocycles. The van der Waals surface area contributed by atoms with Gasteiger partial charge in [0, 0.05) is 0 Å². The molecule has 3 fully saturated rings. The normalized spacial score (nSPS) is 45.0. The van der Waals surface area contributed by atoms with Gasteiger partial charge < -0.3 is 0 Å². The van der Waals surface area contributed by atoms with Crippen LogP contribution in [0, 0.1) is 46.3 Å². The highest BCUT2D eigenvalue weighted by atomic mass is 14.6. The summed E-state index contributed by atoms with van der Waals surface area (Å²) in [7, 11) is 0. The summed E-state index contributed by atoms with van der Waals surface area (Å²) >= 11 is 0. The lowest BCUT2D eigenvalue weighted by Crippen LogP contribution is -2.50. The molecule has 4 aliphatic rings. The summed E-state index contributed by atoms with van der Waals surface area (Å²) in [6.07, 6.45) is 20.5. The topological polar surface area (TPSA) is 0 Å². The molecule has 0 N–H and O–H groups in total. The van der Waals surface area contributed by atoms with E-state index in [-0.39, 0.29) is 0 Å². The maximum Gasteiger partial charge on any atom is -0.00853 e. The fraction of sp³-hybridized carbons (Fsp3) is 0.926. The Bertz CT molecular complexity index is 556. The molecule has 0 aromatic heterocycles. The van der Waals surface area contributed by atoms with Crippen LogP contribution in [0.4, 0.5) is 0 Å². The zero-order chi connectivity index (χ0) is 19.2. The second-order valence-corrected chi connectivity index (χ2v) is 12.0. The second-order valence-electron chi connectivity index (χ2n) is 12.0. The molecule has 4 unspecified atom stereocenters. The number of hydrogen-bond acceptors (Lipinski definition) is 0. The van der Waals surface area contributed by atoms with Crippen molar-refractivity contribution in [1.82, 2.24) is 0 Å². The quantitative estimate of drug-likeness (QED) is 0.426. The van der Waals surface area contributed by atoms with Crippen LogP contribution in [0.1, 0.15) is 112 Å². The first kappa shape index (κ1) is 20.0. The highest BCUT2D eigenvalue weighted by molar-refractivity contribution is 5.24. The van der Waals surface area contributed by atoms with Crippen LogP contribution in [0.25, 0.3) is 0 Å². The summed E-state index contributed by atoms with van der Waals surface area (Å²) in [6.45, 7) is 12.8. The van der Waals surface area contributed by atoms with E-state index in [1.165, 1.54) is 77.0 Å². The first-order valence-electron chi connectivity index (χ1n) is 12.6. The van der Waals surface area contributed by atoms with Gasteiger partial charge in [-0.1, -0.05) is 72.0 Å². The van der Waals surface area contributed by atoms with Gasteiger partial charge in [-0.2, -0.15) is 0 Å². The zero-order valence-corrected chi connectivity index (χ0v) is 19.0. The van der Waals surface area contributed by atoms with Crippen molar-refractivity contribution >= 4 is 0 Å². The Balaban J connectivity index is 1.49. The third kappa shape index (κ3) is 3.36. The van der Waals surface area contributed by atoms with E-state index in [0.29, 0.717) is 10.8 Å². The molecule has 0 saturated heterocycles. The lowest BCUT2D eigenvalue weighted by molar-refractivity contribution is -0.0500. The third-order valence-electron chi connectivity index (χ3n) is 10.2. The Kier molecular flexibility index (Phi) is 5.59. The van der Waals surface area contributed by atoms with Gasteiger partial charge in [0.25, 0.3) is 0 Å². The van der Waals surface area contributed by atoms with E-state index >= 15 is 0 Å². The van der Waals surface area contributed by atoms with Crippen LogP contribution >= 0.6 is 0 Å². The molecule has 0 bridgehead atoms. The highest BCUT2D eigenvalue weighted by Gasteiger charge is 2.58. The zero-order valence-electron chi connectivity index (χ0n) is 19.0. The molecule has 4 aliphatic carbocycles.